The van der Waals surface area contributed by atoms with Gasteiger partial charge in [0.05, 0.1) is 24.0 Å². The van der Waals surface area contributed by atoms with Crippen LogP contribution in [0.2, 0.25) is 0 Å². The molecule has 0 spiro atoms. The fourth-order valence-corrected chi connectivity index (χ4v) is 4.14. The van der Waals surface area contributed by atoms with Gasteiger partial charge in [-0.25, -0.2) is 0 Å². The van der Waals surface area contributed by atoms with Gasteiger partial charge in [0.2, 0.25) is 11.8 Å². The second kappa shape index (κ2) is 12.3. The maximum atomic E-state index is 12.3. The molecule has 2 N–H and O–H groups in total. The Kier molecular flexibility index (Phi) is 9.15. The molecule has 32 heavy (non-hydrogen) atoms. The van der Waals surface area contributed by atoms with Gasteiger partial charge in [-0.15, -0.1) is 10.2 Å². The van der Waals surface area contributed by atoms with E-state index in [0.29, 0.717) is 36.2 Å². The lowest BCUT2D eigenvalue weighted by Crippen LogP contribution is -2.43. The van der Waals surface area contributed by atoms with Crippen LogP contribution in [-0.2, 0) is 9.59 Å². The predicted molar refractivity (Wildman–Crippen MR) is 127 cm³/mol. The highest BCUT2D eigenvalue weighted by Gasteiger charge is 2.26. The Morgan fingerprint density at radius 1 is 1.19 bits per heavy atom. The minimum atomic E-state index is -0.134. The van der Waals surface area contributed by atoms with Crippen molar-refractivity contribution in [3.8, 4) is 5.75 Å². The van der Waals surface area contributed by atoms with Crippen LogP contribution in [-0.4, -0.2) is 54.0 Å². The fraction of sp³-hybridized carbons (Fsp3) is 0.478. The van der Waals surface area contributed by atoms with Crippen molar-refractivity contribution in [2.75, 3.05) is 42.2 Å². The fourth-order valence-electron chi connectivity index (χ4n) is 3.53. The molecular weight excluding hydrogens is 426 g/mol. The van der Waals surface area contributed by atoms with Crippen LogP contribution in [0.3, 0.4) is 0 Å². The summed E-state index contributed by atoms with van der Waals surface area (Å²) < 4.78 is 5.54. The number of amides is 2. The third-order valence-electron chi connectivity index (χ3n) is 5.10. The summed E-state index contributed by atoms with van der Waals surface area (Å²) in [5, 5.41) is 15.1. The second-order valence-corrected chi connectivity index (χ2v) is 8.57. The molecular formula is C23H31N5O3S. The van der Waals surface area contributed by atoms with E-state index in [9.17, 15) is 9.59 Å². The molecule has 1 fully saturated rings. The number of thioether (sulfide) groups is 1. The molecule has 1 aromatic heterocycles. The van der Waals surface area contributed by atoms with E-state index in [4.69, 9.17) is 4.74 Å². The molecule has 0 saturated carbocycles. The largest absolute Gasteiger partial charge is 0.492 e. The van der Waals surface area contributed by atoms with Gasteiger partial charge in [0.1, 0.15) is 10.8 Å². The van der Waals surface area contributed by atoms with E-state index in [1.165, 1.54) is 11.8 Å². The van der Waals surface area contributed by atoms with Crippen LogP contribution < -0.4 is 20.3 Å². The van der Waals surface area contributed by atoms with Gasteiger partial charge >= 0.3 is 0 Å². The molecule has 172 valence electrons. The first-order valence-corrected chi connectivity index (χ1v) is 12.1. The SMILES string of the molecule is CCCNC(=O)[C@H]1CCCN(c2ccc(SCC(=O)Nc3ccccc3OCC)nn2)C1. The average Bonchev–Trinajstić information content (AvgIpc) is 2.83. The lowest BCUT2D eigenvalue weighted by Gasteiger charge is -2.32. The number of carbonyl (C=O) groups excluding carboxylic acids is 2. The average molecular weight is 458 g/mol. The van der Waals surface area contributed by atoms with E-state index in [1.54, 1.807) is 0 Å². The number of hydrogen-bond donors (Lipinski definition) is 2. The molecule has 1 atom stereocenters. The summed E-state index contributed by atoms with van der Waals surface area (Å²) in [6, 6.07) is 11.1. The number of piperidine rings is 1. The first-order valence-electron chi connectivity index (χ1n) is 11.1. The van der Waals surface area contributed by atoms with Crippen LogP contribution >= 0.6 is 11.8 Å². The van der Waals surface area contributed by atoms with Crippen molar-refractivity contribution in [3.63, 3.8) is 0 Å². The van der Waals surface area contributed by atoms with Crippen molar-refractivity contribution >= 4 is 35.1 Å². The molecule has 0 bridgehead atoms. The van der Waals surface area contributed by atoms with Crippen LogP contribution in [0.15, 0.2) is 41.4 Å². The highest BCUT2D eigenvalue weighted by molar-refractivity contribution is 7.99. The van der Waals surface area contributed by atoms with Crippen molar-refractivity contribution in [1.29, 1.82) is 0 Å². The van der Waals surface area contributed by atoms with Gasteiger partial charge in [-0.3, -0.25) is 9.59 Å². The van der Waals surface area contributed by atoms with Gasteiger partial charge in [-0.05, 0) is 50.5 Å². The molecule has 1 saturated heterocycles. The summed E-state index contributed by atoms with van der Waals surface area (Å²) in [5.74, 6) is 1.60. The number of hydrogen-bond acceptors (Lipinski definition) is 7. The van der Waals surface area contributed by atoms with Crippen LogP contribution in [0.1, 0.15) is 33.1 Å². The molecule has 9 heteroatoms. The molecule has 0 unspecified atom stereocenters. The van der Waals surface area contributed by atoms with Crippen molar-refractivity contribution in [3.05, 3.63) is 36.4 Å². The van der Waals surface area contributed by atoms with Gasteiger partial charge in [0.25, 0.3) is 0 Å². The summed E-state index contributed by atoms with van der Waals surface area (Å²) in [7, 11) is 0. The van der Waals surface area contributed by atoms with Gasteiger partial charge < -0.3 is 20.3 Å². The molecule has 2 heterocycles. The van der Waals surface area contributed by atoms with E-state index < -0.39 is 0 Å². The Morgan fingerprint density at radius 2 is 2.03 bits per heavy atom. The van der Waals surface area contributed by atoms with Gasteiger partial charge in [-0.2, -0.15) is 0 Å². The number of benzene rings is 1. The zero-order valence-electron chi connectivity index (χ0n) is 18.7. The normalized spacial score (nSPS) is 15.8. The standard InChI is InChI=1S/C23H31N5O3S/c1-3-13-24-23(30)17-8-7-14-28(15-17)20-11-12-22(27-26-20)32-16-21(29)25-18-9-5-6-10-19(18)31-4-2/h5-6,9-12,17H,3-4,7-8,13-16H2,1-2H3,(H,24,30)(H,25,29)/t17-/m0/s1. The van der Waals surface area contributed by atoms with E-state index in [-0.39, 0.29) is 23.5 Å². The quantitative estimate of drug-likeness (QED) is 0.528. The molecule has 8 nitrogen and oxygen atoms in total. The van der Waals surface area contributed by atoms with E-state index in [2.05, 4.69) is 25.7 Å². The second-order valence-electron chi connectivity index (χ2n) is 7.57. The smallest absolute Gasteiger partial charge is 0.234 e. The molecule has 1 aromatic carbocycles. The Hall–Kier alpha value is -2.81. The highest BCUT2D eigenvalue weighted by atomic mass is 32.2. The topological polar surface area (TPSA) is 96.5 Å². The number of rotatable bonds is 10. The summed E-state index contributed by atoms with van der Waals surface area (Å²) in [5.41, 5.74) is 0.656. The Balaban J connectivity index is 1.50. The summed E-state index contributed by atoms with van der Waals surface area (Å²) >= 11 is 1.33. The number of carbonyl (C=O) groups is 2. The number of ether oxygens (including phenoxy) is 1. The van der Waals surface area contributed by atoms with E-state index in [0.717, 1.165) is 31.6 Å². The Morgan fingerprint density at radius 3 is 2.78 bits per heavy atom. The molecule has 2 amide bonds. The van der Waals surface area contributed by atoms with Crippen LogP contribution in [0.25, 0.3) is 0 Å². The van der Waals surface area contributed by atoms with Gasteiger partial charge in [-0.1, -0.05) is 30.8 Å². The third kappa shape index (κ3) is 6.85. The zero-order chi connectivity index (χ0) is 22.8. The molecule has 3 rings (SSSR count). The maximum Gasteiger partial charge on any atom is 0.234 e. The third-order valence-corrected chi connectivity index (χ3v) is 6.02. The lowest BCUT2D eigenvalue weighted by atomic mass is 9.97. The minimum absolute atomic E-state index is 0.0191. The summed E-state index contributed by atoms with van der Waals surface area (Å²) in [4.78, 5) is 26.8. The first-order chi connectivity index (χ1) is 15.6. The van der Waals surface area contributed by atoms with Crippen molar-refractivity contribution in [1.82, 2.24) is 15.5 Å². The molecule has 1 aliphatic rings. The molecule has 0 radical (unpaired) electrons. The van der Waals surface area contributed by atoms with Crippen LogP contribution in [0, 0.1) is 5.92 Å². The Bertz CT molecular complexity index is 893. The van der Waals surface area contributed by atoms with Crippen molar-refractivity contribution in [2.45, 2.75) is 38.1 Å². The number of nitrogens with zero attached hydrogens (tertiary/aromatic N) is 3. The minimum Gasteiger partial charge on any atom is -0.492 e. The van der Waals surface area contributed by atoms with Gasteiger partial charge in [0.15, 0.2) is 5.82 Å². The van der Waals surface area contributed by atoms with Crippen LogP contribution in [0.5, 0.6) is 5.75 Å². The molecule has 1 aliphatic heterocycles. The number of aromatic nitrogens is 2. The van der Waals surface area contributed by atoms with Crippen LogP contribution in [0.4, 0.5) is 11.5 Å². The molecule has 0 aliphatic carbocycles. The maximum absolute atomic E-state index is 12.3. The van der Waals surface area contributed by atoms with E-state index in [1.807, 2.05) is 50.2 Å². The predicted octanol–water partition coefficient (Wildman–Crippen LogP) is 3.35. The van der Waals surface area contributed by atoms with Crippen molar-refractivity contribution < 1.29 is 14.3 Å². The van der Waals surface area contributed by atoms with Crippen molar-refractivity contribution in [2.24, 2.45) is 5.92 Å². The zero-order valence-corrected chi connectivity index (χ0v) is 19.5. The number of nitrogens with one attached hydrogen (secondary N) is 2. The Labute approximate surface area is 193 Å². The monoisotopic (exact) mass is 457 g/mol. The summed E-state index contributed by atoms with van der Waals surface area (Å²) in [6.07, 6.45) is 2.78. The number of para-hydroxylation sites is 2. The van der Waals surface area contributed by atoms with Gasteiger partial charge in [0, 0.05) is 19.6 Å². The lowest BCUT2D eigenvalue weighted by molar-refractivity contribution is -0.125. The van der Waals surface area contributed by atoms with E-state index >= 15 is 0 Å². The highest BCUT2D eigenvalue weighted by Crippen LogP contribution is 2.25. The molecule has 2 aromatic rings. The first kappa shape index (κ1) is 23.8. The summed E-state index contributed by atoms with van der Waals surface area (Å²) in [6.45, 7) is 6.71. The number of anilines is 2.